The molecule has 20 heavy (non-hydrogen) atoms. The fourth-order valence-corrected chi connectivity index (χ4v) is 2.86. The third-order valence-electron chi connectivity index (χ3n) is 3.82. The minimum atomic E-state index is 0.619. The van der Waals surface area contributed by atoms with Gasteiger partial charge in [-0.15, -0.1) is 0 Å². The van der Waals surface area contributed by atoms with E-state index in [0.29, 0.717) is 6.54 Å². The predicted octanol–water partition coefficient (Wildman–Crippen LogP) is 3.17. The maximum absolute atomic E-state index is 5.00. The summed E-state index contributed by atoms with van der Waals surface area (Å²) >= 11 is 0. The van der Waals surface area contributed by atoms with Crippen molar-refractivity contribution in [2.24, 2.45) is 16.3 Å². The van der Waals surface area contributed by atoms with E-state index in [1.165, 1.54) is 47.1 Å². The first-order valence-electron chi connectivity index (χ1n) is 6.91. The average molecular weight is 266 g/mol. The molecule has 0 bridgehead atoms. The fourth-order valence-electron chi connectivity index (χ4n) is 2.86. The lowest BCUT2D eigenvalue weighted by atomic mass is 9.96. The van der Waals surface area contributed by atoms with Gasteiger partial charge in [-0.2, -0.15) is 0 Å². The molecule has 1 aliphatic carbocycles. The van der Waals surface area contributed by atoms with Gasteiger partial charge in [0.15, 0.2) is 0 Å². The summed E-state index contributed by atoms with van der Waals surface area (Å²) in [6.45, 7) is 0.619. The summed E-state index contributed by atoms with van der Waals surface area (Å²) in [6, 6.07) is 15.2. The minimum absolute atomic E-state index is 0.619. The van der Waals surface area contributed by atoms with Gasteiger partial charge in [0.1, 0.15) is 0 Å². The monoisotopic (exact) mass is 266 g/mol. The molecule has 0 amide bonds. The lowest BCUT2D eigenvalue weighted by Gasteiger charge is -2.10. The minimum Gasteiger partial charge on any atom is -0.303 e. The summed E-state index contributed by atoms with van der Waals surface area (Å²) in [7, 11) is 0. The second-order valence-electron chi connectivity index (χ2n) is 5.04. The number of nitrogens with one attached hydrogen (secondary N) is 1. The lowest BCUT2D eigenvalue weighted by Crippen LogP contribution is -2.06. The van der Waals surface area contributed by atoms with Gasteiger partial charge in [0.25, 0.3) is 0 Å². The number of hydrogen-bond donors (Lipinski definition) is 2. The van der Waals surface area contributed by atoms with Crippen molar-refractivity contribution in [3.63, 3.8) is 0 Å². The standard InChI is InChI=1S/C16H18N4/c17-19-20-18-11-15-4-1-2-7-16(15)14-9-8-12-5-3-6-13(12)10-14/h1-2,4,7-10H,3,5-6,11H2,(H2,17,20)(H,18,19). The molecule has 2 aromatic carbocycles. The Labute approximate surface area is 118 Å². The molecule has 0 fully saturated rings. The van der Waals surface area contributed by atoms with Crippen molar-refractivity contribution in [2.45, 2.75) is 25.8 Å². The van der Waals surface area contributed by atoms with Crippen LogP contribution < -0.4 is 11.3 Å². The van der Waals surface area contributed by atoms with Gasteiger partial charge in [-0.25, -0.2) is 0 Å². The summed E-state index contributed by atoms with van der Waals surface area (Å²) in [5.41, 5.74) is 9.54. The molecule has 0 radical (unpaired) electrons. The van der Waals surface area contributed by atoms with Crippen molar-refractivity contribution >= 4 is 0 Å². The van der Waals surface area contributed by atoms with Crippen LogP contribution in [-0.4, -0.2) is 0 Å². The van der Waals surface area contributed by atoms with Gasteiger partial charge in [-0.3, -0.25) is 5.43 Å². The third kappa shape index (κ3) is 2.50. The molecule has 4 nitrogen and oxygen atoms in total. The fraction of sp³-hybridized carbons (Fsp3) is 0.250. The normalized spacial score (nSPS) is 13.6. The number of nitrogens with zero attached hydrogens (tertiary/aromatic N) is 2. The maximum Gasteiger partial charge on any atom is 0.0603 e. The van der Waals surface area contributed by atoms with Crippen molar-refractivity contribution < 1.29 is 0 Å². The molecule has 0 aromatic heterocycles. The molecular weight excluding hydrogens is 248 g/mol. The topological polar surface area (TPSA) is 62.8 Å². The van der Waals surface area contributed by atoms with Crippen LogP contribution in [0.1, 0.15) is 23.1 Å². The van der Waals surface area contributed by atoms with E-state index in [4.69, 9.17) is 5.84 Å². The molecule has 2 aromatic rings. The van der Waals surface area contributed by atoms with Gasteiger partial charge in [-0.05, 0) is 47.1 Å². The molecule has 3 N–H and O–H groups in total. The molecule has 4 heteroatoms. The van der Waals surface area contributed by atoms with Crippen LogP contribution >= 0.6 is 0 Å². The Hall–Kier alpha value is -2.36. The maximum atomic E-state index is 5.00. The summed E-state index contributed by atoms with van der Waals surface area (Å²) in [5.74, 6) is 5.00. The zero-order valence-corrected chi connectivity index (χ0v) is 11.3. The lowest BCUT2D eigenvalue weighted by molar-refractivity contribution is 0.678. The molecule has 3 rings (SSSR count). The highest BCUT2D eigenvalue weighted by Gasteiger charge is 2.12. The van der Waals surface area contributed by atoms with Crippen molar-refractivity contribution in [1.82, 2.24) is 5.43 Å². The number of fused-ring (bicyclic) bond motifs is 1. The Morgan fingerprint density at radius 3 is 2.80 bits per heavy atom. The van der Waals surface area contributed by atoms with E-state index in [1.54, 1.807) is 0 Å². The summed E-state index contributed by atoms with van der Waals surface area (Å²) in [5, 5.41) is 6.83. The van der Waals surface area contributed by atoms with Gasteiger partial charge >= 0.3 is 0 Å². The summed E-state index contributed by atoms with van der Waals surface area (Å²) < 4.78 is 0. The number of rotatable bonds is 4. The highest BCUT2D eigenvalue weighted by atomic mass is 15.5. The van der Waals surface area contributed by atoms with E-state index in [0.717, 1.165) is 0 Å². The molecule has 0 saturated carbocycles. The van der Waals surface area contributed by atoms with Crippen LogP contribution in [0.15, 0.2) is 52.9 Å². The van der Waals surface area contributed by atoms with E-state index >= 15 is 0 Å². The Morgan fingerprint density at radius 2 is 1.90 bits per heavy atom. The van der Waals surface area contributed by atoms with Crippen LogP contribution in [0, 0.1) is 0 Å². The second kappa shape index (κ2) is 5.74. The first-order valence-corrected chi connectivity index (χ1v) is 6.91. The Kier molecular flexibility index (Phi) is 3.63. The zero-order chi connectivity index (χ0) is 13.8. The van der Waals surface area contributed by atoms with Gasteiger partial charge in [0, 0.05) is 0 Å². The van der Waals surface area contributed by atoms with Crippen LogP contribution in [0.3, 0.4) is 0 Å². The largest absolute Gasteiger partial charge is 0.303 e. The number of aryl methyl sites for hydroxylation is 2. The quantitative estimate of drug-likeness (QED) is 0.507. The van der Waals surface area contributed by atoms with Crippen LogP contribution in [0.25, 0.3) is 11.1 Å². The van der Waals surface area contributed by atoms with Crippen LogP contribution in [0.5, 0.6) is 0 Å². The molecule has 0 spiro atoms. The number of benzene rings is 2. The van der Waals surface area contributed by atoms with Crippen molar-refractivity contribution in [3.05, 3.63) is 59.2 Å². The molecule has 0 saturated heterocycles. The van der Waals surface area contributed by atoms with Crippen LogP contribution in [0.2, 0.25) is 0 Å². The molecule has 0 atom stereocenters. The first kappa shape index (κ1) is 12.7. The Bertz CT molecular complexity index is 634. The summed E-state index contributed by atoms with van der Waals surface area (Å²) in [6.07, 6.45) is 3.69. The van der Waals surface area contributed by atoms with Gasteiger partial charge in [0.05, 0.1) is 6.54 Å². The molecular formula is C16H18N4. The zero-order valence-electron chi connectivity index (χ0n) is 11.3. The Morgan fingerprint density at radius 1 is 1.05 bits per heavy atom. The summed E-state index contributed by atoms with van der Waals surface area (Å²) in [4.78, 5) is 0. The van der Waals surface area contributed by atoms with Crippen molar-refractivity contribution in [2.75, 3.05) is 0 Å². The van der Waals surface area contributed by atoms with Crippen molar-refractivity contribution in [1.29, 1.82) is 0 Å². The third-order valence-corrected chi connectivity index (χ3v) is 3.82. The molecule has 0 heterocycles. The van der Waals surface area contributed by atoms with Crippen LogP contribution in [-0.2, 0) is 19.4 Å². The molecule has 0 aliphatic heterocycles. The number of nitrogens with two attached hydrogens (primary N) is 1. The van der Waals surface area contributed by atoms with Gasteiger partial charge in [-0.1, -0.05) is 52.9 Å². The predicted molar refractivity (Wildman–Crippen MR) is 79.8 cm³/mol. The first-order chi connectivity index (χ1) is 9.88. The van der Waals surface area contributed by atoms with Gasteiger partial charge in [0.2, 0.25) is 0 Å². The van der Waals surface area contributed by atoms with E-state index in [9.17, 15) is 0 Å². The van der Waals surface area contributed by atoms with E-state index in [1.807, 2.05) is 6.07 Å². The van der Waals surface area contributed by atoms with E-state index in [-0.39, 0.29) is 0 Å². The van der Waals surface area contributed by atoms with E-state index in [2.05, 4.69) is 52.3 Å². The molecule has 0 unspecified atom stereocenters. The van der Waals surface area contributed by atoms with E-state index < -0.39 is 0 Å². The second-order valence-corrected chi connectivity index (χ2v) is 5.04. The molecule has 1 aliphatic rings. The highest BCUT2D eigenvalue weighted by molar-refractivity contribution is 5.68. The van der Waals surface area contributed by atoms with Gasteiger partial charge < -0.3 is 5.84 Å². The Balaban J connectivity index is 1.93. The molecule has 102 valence electrons. The highest BCUT2D eigenvalue weighted by Crippen LogP contribution is 2.29. The van der Waals surface area contributed by atoms with Crippen molar-refractivity contribution in [3.8, 4) is 11.1 Å². The SMILES string of the molecule is N/N=N\NCc1ccccc1-c1ccc2c(c1)CCC2. The number of hydrogen-bond acceptors (Lipinski definition) is 2. The smallest absolute Gasteiger partial charge is 0.0603 e. The van der Waals surface area contributed by atoms with Crippen LogP contribution in [0.4, 0.5) is 0 Å². The average Bonchev–Trinajstić information content (AvgIpc) is 2.95.